The number of ether oxygens (including phenoxy) is 1. The van der Waals surface area contributed by atoms with Gasteiger partial charge in [-0.3, -0.25) is 4.31 Å². The van der Waals surface area contributed by atoms with E-state index in [1.54, 1.807) is 42.5 Å². The Morgan fingerprint density at radius 1 is 1.00 bits per heavy atom. The number of hydrogen-bond acceptors (Lipinski definition) is 5. The summed E-state index contributed by atoms with van der Waals surface area (Å²) in [4.78, 5) is 4.67. The molecule has 7 nitrogen and oxygen atoms in total. The highest BCUT2D eigenvalue weighted by atomic mass is 32.2. The van der Waals surface area contributed by atoms with Gasteiger partial charge in [0.25, 0.3) is 10.0 Å². The van der Waals surface area contributed by atoms with Crippen molar-refractivity contribution in [3.8, 4) is 5.75 Å². The van der Waals surface area contributed by atoms with Crippen molar-refractivity contribution in [1.29, 1.82) is 0 Å². The molecule has 166 valence electrons. The molecule has 32 heavy (non-hydrogen) atoms. The van der Waals surface area contributed by atoms with Gasteiger partial charge in [0.1, 0.15) is 11.6 Å². The van der Waals surface area contributed by atoms with Crippen molar-refractivity contribution in [2.75, 3.05) is 18.0 Å². The number of rotatable bonds is 8. The van der Waals surface area contributed by atoms with Gasteiger partial charge in [-0.1, -0.05) is 42.5 Å². The van der Waals surface area contributed by atoms with Crippen molar-refractivity contribution in [3.05, 3.63) is 84.7 Å². The summed E-state index contributed by atoms with van der Waals surface area (Å²) in [5.74, 6) is 1.16. The van der Waals surface area contributed by atoms with Gasteiger partial charge < -0.3 is 14.4 Å². The van der Waals surface area contributed by atoms with Crippen LogP contribution in [-0.4, -0.2) is 42.8 Å². The van der Waals surface area contributed by atoms with Gasteiger partial charge in [0.15, 0.2) is 0 Å². The van der Waals surface area contributed by atoms with Crippen LogP contribution in [0.1, 0.15) is 5.82 Å². The van der Waals surface area contributed by atoms with E-state index in [9.17, 15) is 13.5 Å². The maximum Gasteiger partial charge on any atom is 0.264 e. The molecule has 0 radical (unpaired) electrons. The molecule has 0 saturated carbocycles. The maximum absolute atomic E-state index is 13.6. The summed E-state index contributed by atoms with van der Waals surface area (Å²) in [6, 6.07) is 22.7. The molecule has 3 aromatic carbocycles. The molecule has 0 unspecified atom stereocenters. The summed E-state index contributed by atoms with van der Waals surface area (Å²) < 4.78 is 35.6. The van der Waals surface area contributed by atoms with Crippen LogP contribution in [0.4, 0.5) is 5.69 Å². The van der Waals surface area contributed by atoms with Crippen LogP contribution in [0.2, 0.25) is 0 Å². The van der Waals surface area contributed by atoms with Gasteiger partial charge in [0.05, 0.1) is 47.9 Å². The van der Waals surface area contributed by atoms with E-state index in [-0.39, 0.29) is 18.0 Å². The van der Waals surface area contributed by atoms with E-state index in [0.29, 0.717) is 11.4 Å². The highest BCUT2D eigenvalue weighted by Crippen LogP contribution is 2.32. The van der Waals surface area contributed by atoms with E-state index in [0.717, 1.165) is 16.9 Å². The number of fused-ring (bicyclic) bond motifs is 1. The Bertz CT molecular complexity index is 1320. The zero-order valence-electron chi connectivity index (χ0n) is 17.9. The molecule has 0 saturated heterocycles. The van der Waals surface area contributed by atoms with Crippen LogP contribution in [0.3, 0.4) is 0 Å². The summed E-state index contributed by atoms with van der Waals surface area (Å²) in [7, 11) is -2.46. The smallest absolute Gasteiger partial charge is 0.264 e. The first kappa shape index (κ1) is 21.9. The second-order valence-electron chi connectivity index (χ2n) is 7.43. The Balaban J connectivity index is 1.71. The number of hydrogen-bond donors (Lipinski definition) is 1. The van der Waals surface area contributed by atoms with Crippen LogP contribution >= 0.6 is 0 Å². The number of imidazole rings is 1. The fourth-order valence-electron chi connectivity index (χ4n) is 3.77. The van der Waals surface area contributed by atoms with Crippen LogP contribution in [-0.2, 0) is 16.6 Å². The molecule has 1 aromatic heterocycles. The van der Waals surface area contributed by atoms with Crippen molar-refractivity contribution in [3.63, 3.8) is 0 Å². The zero-order chi connectivity index (χ0) is 22.7. The third kappa shape index (κ3) is 4.19. The number of aromatic nitrogens is 2. The van der Waals surface area contributed by atoms with E-state index >= 15 is 0 Å². The molecule has 0 spiro atoms. The monoisotopic (exact) mass is 451 g/mol. The van der Waals surface area contributed by atoms with Crippen LogP contribution in [0, 0.1) is 6.92 Å². The lowest BCUT2D eigenvalue weighted by molar-refractivity contribution is 0.163. The number of nitrogens with zero attached hydrogens (tertiary/aromatic N) is 3. The van der Waals surface area contributed by atoms with E-state index in [1.807, 2.05) is 35.8 Å². The number of anilines is 1. The van der Waals surface area contributed by atoms with Crippen LogP contribution < -0.4 is 9.04 Å². The lowest BCUT2D eigenvalue weighted by Gasteiger charge is -2.28. The number of aryl methyl sites for hydroxylation is 1. The minimum atomic E-state index is -3.94. The first-order valence-electron chi connectivity index (χ1n) is 10.2. The van der Waals surface area contributed by atoms with Crippen LogP contribution in [0.5, 0.6) is 5.75 Å². The van der Waals surface area contributed by atoms with Gasteiger partial charge in [-0.05, 0) is 43.3 Å². The van der Waals surface area contributed by atoms with E-state index in [1.165, 1.54) is 23.5 Å². The topological polar surface area (TPSA) is 84.7 Å². The van der Waals surface area contributed by atoms with Gasteiger partial charge in [-0.15, -0.1) is 0 Å². The molecular weight excluding hydrogens is 426 g/mol. The molecule has 8 heteroatoms. The number of aliphatic hydroxyl groups is 1. The molecule has 1 atom stereocenters. The second kappa shape index (κ2) is 9.02. The van der Waals surface area contributed by atoms with E-state index < -0.39 is 16.1 Å². The fraction of sp³-hybridized carbons (Fsp3) is 0.208. The number of methoxy groups -OCH3 is 1. The SMILES string of the molecule is COc1ccccc1N(C[C@@H](O)Cn1c(C)nc2ccccc21)S(=O)(=O)c1ccccc1. The van der Waals surface area contributed by atoms with E-state index in [4.69, 9.17) is 4.74 Å². The summed E-state index contributed by atoms with van der Waals surface area (Å²) >= 11 is 0. The van der Waals surface area contributed by atoms with Crippen molar-refractivity contribution in [2.24, 2.45) is 0 Å². The number of benzene rings is 3. The molecular formula is C24H25N3O4S. The average Bonchev–Trinajstić information content (AvgIpc) is 3.13. The van der Waals surface area contributed by atoms with Crippen LogP contribution in [0.25, 0.3) is 11.0 Å². The van der Waals surface area contributed by atoms with Crippen molar-refractivity contribution in [1.82, 2.24) is 9.55 Å². The Morgan fingerprint density at radius 3 is 2.41 bits per heavy atom. The molecule has 0 fully saturated rings. The quantitative estimate of drug-likeness (QED) is 0.442. The molecule has 0 aliphatic rings. The van der Waals surface area contributed by atoms with Gasteiger partial charge in [0.2, 0.25) is 0 Å². The number of para-hydroxylation sites is 4. The van der Waals surface area contributed by atoms with Crippen molar-refractivity contribution in [2.45, 2.75) is 24.5 Å². The summed E-state index contributed by atoms with van der Waals surface area (Å²) in [6.45, 7) is 1.91. The Kier molecular flexibility index (Phi) is 6.16. The minimum Gasteiger partial charge on any atom is -0.495 e. The maximum atomic E-state index is 13.6. The molecule has 4 rings (SSSR count). The molecule has 1 heterocycles. The third-order valence-electron chi connectivity index (χ3n) is 5.30. The summed E-state index contributed by atoms with van der Waals surface area (Å²) in [5, 5.41) is 11.0. The predicted molar refractivity (Wildman–Crippen MR) is 124 cm³/mol. The zero-order valence-corrected chi connectivity index (χ0v) is 18.7. The molecule has 1 N–H and O–H groups in total. The van der Waals surface area contributed by atoms with Gasteiger partial charge in [-0.2, -0.15) is 0 Å². The van der Waals surface area contributed by atoms with Crippen molar-refractivity contribution >= 4 is 26.7 Å². The molecule has 0 amide bonds. The molecule has 0 aliphatic heterocycles. The largest absolute Gasteiger partial charge is 0.495 e. The fourth-order valence-corrected chi connectivity index (χ4v) is 5.30. The normalized spacial score (nSPS) is 12.6. The highest BCUT2D eigenvalue weighted by molar-refractivity contribution is 7.92. The molecule has 0 aliphatic carbocycles. The van der Waals surface area contributed by atoms with Crippen molar-refractivity contribution < 1.29 is 18.3 Å². The van der Waals surface area contributed by atoms with Gasteiger partial charge in [-0.25, -0.2) is 13.4 Å². The average molecular weight is 452 g/mol. The number of sulfonamides is 1. The first-order chi connectivity index (χ1) is 15.4. The molecule has 4 aromatic rings. The first-order valence-corrected chi connectivity index (χ1v) is 11.7. The Hall–Kier alpha value is -3.36. The van der Waals surface area contributed by atoms with E-state index in [2.05, 4.69) is 4.98 Å². The van der Waals surface area contributed by atoms with Gasteiger partial charge >= 0.3 is 0 Å². The van der Waals surface area contributed by atoms with Gasteiger partial charge in [0, 0.05) is 0 Å². The lowest BCUT2D eigenvalue weighted by atomic mass is 10.2. The minimum absolute atomic E-state index is 0.141. The summed E-state index contributed by atoms with van der Waals surface area (Å²) in [6.07, 6.45) is -0.991. The Labute approximate surface area is 187 Å². The Morgan fingerprint density at radius 2 is 1.66 bits per heavy atom. The predicted octanol–water partition coefficient (Wildman–Crippen LogP) is 3.61. The molecule has 0 bridgehead atoms. The summed E-state index contributed by atoms with van der Waals surface area (Å²) in [5.41, 5.74) is 2.08. The third-order valence-corrected chi connectivity index (χ3v) is 7.09. The van der Waals surface area contributed by atoms with Crippen LogP contribution in [0.15, 0.2) is 83.8 Å². The highest BCUT2D eigenvalue weighted by Gasteiger charge is 2.29. The lowest BCUT2D eigenvalue weighted by Crippen LogP contribution is -2.39. The standard InChI is InChI=1S/C24H25N3O4S/c1-18-25-21-12-6-7-13-22(21)26(18)16-19(28)17-27(23-14-8-9-15-24(23)31-2)32(29,30)20-10-4-3-5-11-20/h3-15,19,28H,16-17H2,1-2H3/t19-/m0/s1. The number of aliphatic hydroxyl groups excluding tert-OH is 1. The second-order valence-corrected chi connectivity index (χ2v) is 9.30.